The molecule has 1 saturated heterocycles. The summed E-state index contributed by atoms with van der Waals surface area (Å²) in [6.45, 7) is 1.44. The maximum Gasteiger partial charge on any atom is 0.259 e. The Morgan fingerprint density at radius 1 is 1.36 bits per heavy atom. The van der Waals surface area contributed by atoms with Gasteiger partial charge in [-0.25, -0.2) is 8.78 Å². The van der Waals surface area contributed by atoms with Gasteiger partial charge in [0, 0.05) is 31.8 Å². The van der Waals surface area contributed by atoms with Crippen LogP contribution in [0.2, 0.25) is 0 Å². The molecular weight excluding hydrogens is 290 g/mol. The van der Waals surface area contributed by atoms with Crippen LogP contribution in [0.4, 0.5) is 8.78 Å². The molecule has 4 nitrogen and oxygen atoms in total. The Morgan fingerprint density at radius 3 is 2.55 bits per heavy atom. The lowest BCUT2D eigenvalue weighted by molar-refractivity contribution is 0.0707. The minimum atomic E-state index is -0.898. The molecule has 1 aromatic rings. The van der Waals surface area contributed by atoms with Crippen molar-refractivity contribution < 1.29 is 18.3 Å². The van der Waals surface area contributed by atoms with Gasteiger partial charge in [0.2, 0.25) is 0 Å². The average Bonchev–Trinajstić information content (AvgIpc) is 2.48. The maximum atomic E-state index is 14.0. The van der Waals surface area contributed by atoms with E-state index < -0.39 is 23.1 Å². The van der Waals surface area contributed by atoms with Gasteiger partial charge in [0.05, 0.1) is 7.11 Å². The third-order valence-electron chi connectivity index (χ3n) is 4.22. The number of benzene rings is 1. The second-order valence-corrected chi connectivity index (χ2v) is 5.78. The van der Waals surface area contributed by atoms with Gasteiger partial charge in [-0.3, -0.25) is 4.79 Å². The van der Waals surface area contributed by atoms with Crippen molar-refractivity contribution in [2.45, 2.75) is 25.3 Å². The van der Waals surface area contributed by atoms with Crippen LogP contribution in [0.1, 0.15) is 29.6 Å². The molecule has 0 aliphatic carbocycles. The molecule has 0 bridgehead atoms. The first-order chi connectivity index (χ1) is 10.4. The van der Waals surface area contributed by atoms with E-state index >= 15 is 0 Å². The lowest BCUT2D eigenvalue weighted by Gasteiger charge is -2.35. The Hall–Kier alpha value is -1.69. The van der Waals surface area contributed by atoms with Crippen LogP contribution in [0, 0.1) is 11.6 Å². The lowest BCUT2D eigenvalue weighted by atomic mass is 10.0. The van der Waals surface area contributed by atoms with Crippen LogP contribution >= 0.6 is 0 Å². The number of ether oxygens (including phenoxy) is 1. The monoisotopic (exact) mass is 312 g/mol. The van der Waals surface area contributed by atoms with Crippen molar-refractivity contribution in [1.82, 2.24) is 9.80 Å². The zero-order valence-corrected chi connectivity index (χ0v) is 13.2. The number of likely N-dealkylation sites (N-methyl/N-ethyl adjacent to an activating group) is 2. The number of piperidine rings is 1. The van der Waals surface area contributed by atoms with E-state index in [1.54, 1.807) is 7.05 Å². The number of carbonyl (C=O) groups is 1. The first kappa shape index (κ1) is 16.7. The van der Waals surface area contributed by atoms with Crippen LogP contribution in [-0.2, 0) is 0 Å². The first-order valence-electron chi connectivity index (χ1n) is 7.42. The summed E-state index contributed by atoms with van der Waals surface area (Å²) in [5.41, 5.74) is -0.526. The molecule has 1 heterocycles. The molecule has 22 heavy (non-hydrogen) atoms. The summed E-state index contributed by atoms with van der Waals surface area (Å²) in [5.74, 6) is -2.38. The standard InChI is InChI=1S/C16H22F2N2O2/c1-19-7-5-4-6-11(19)10-20(2)16(21)15-13(17)8-12(22-3)9-14(15)18/h8-9,11H,4-7,10H2,1-3H3/t11-/m1/s1. The third-order valence-corrected chi connectivity index (χ3v) is 4.22. The molecule has 1 aliphatic heterocycles. The summed E-state index contributed by atoms with van der Waals surface area (Å²) < 4.78 is 32.8. The summed E-state index contributed by atoms with van der Waals surface area (Å²) in [7, 11) is 4.91. The summed E-state index contributed by atoms with van der Waals surface area (Å²) in [6, 6.07) is 2.28. The minimum absolute atomic E-state index is 0.0567. The van der Waals surface area contributed by atoms with E-state index in [9.17, 15) is 13.6 Å². The number of hydrogen-bond acceptors (Lipinski definition) is 3. The number of amides is 1. The van der Waals surface area contributed by atoms with Crippen LogP contribution in [0.25, 0.3) is 0 Å². The van der Waals surface area contributed by atoms with Crippen LogP contribution in [0.5, 0.6) is 5.75 Å². The second-order valence-electron chi connectivity index (χ2n) is 5.78. The lowest BCUT2D eigenvalue weighted by Crippen LogP contribution is -2.45. The van der Waals surface area contributed by atoms with E-state index in [-0.39, 0.29) is 11.8 Å². The third kappa shape index (κ3) is 3.55. The molecule has 1 aromatic carbocycles. The topological polar surface area (TPSA) is 32.8 Å². The van der Waals surface area contributed by atoms with Gasteiger partial charge in [-0.15, -0.1) is 0 Å². The van der Waals surface area contributed by atoms with Crippen molar-refractivity contribution in [3.63, 3.8) is 0 Å². The fourth-order valence-electron chi connectivity index (χ4n) is 2.84. The Balaban J connectivity index is 2.13. The molecule has 1 fully saturated rings. The van der Waals surface area contributed by atoms with E-state index in [0.717, 1.165) is 37.9 Å². The molecule has 0 aromatic heterocycles. The molecule has 0 radical (unpaired) electrons. The van der Waals surface area contributed by atoms with Gasteiger partial charge < -0.3 is 14.5 Å². The summed E-state index contributed by atoms with van der Waals surface area (Å²) >= 11 is 0. The quantitative estimate of drug-likeness (QED) is 0.856. The van der Waals surface area contributed by atoms with Gasteiger partial charge in [-0.1, -0.05) is 6.42 Å². The molecule has 0 spiro atoms. The first-order valence-corrected chi connectivity index (χ1v) is 7.42. The van der Waals surface area contributed by atoms with Gasteiger partial charge in [0.25, 0.3) is 5.91 Å². The second kappa shape index (κ2) is 7.05. The van der Waals surface area contributed by atoms with Gasteiger partial charge in [-0.2, -0.15) is 0 Å². The highest BCUT2D eigenvalue weighted by Crippen LogP contribution is 2.22. The summed E-state index contributed by atoms with van der Waals surface area (Å²) in [4.78, 5) is 15.9. The number of nitrogens with zero attached hydrogens (tertiary/aromatic N) is 2. The maximum absolute atomic E-state index is 14.0. The van der Waals surface area contributed by atoms with E-state index in [4.69, 9.17) is 4.74 Å². The van der Waals surface area contributed by atoms with Crippen LogP contribution in [-0.4, -0.2) is 56.0 Å². The molecular formula is C16H22F2N2O2. The number of methoxy groups -OCH3 is 1. The normalized spacial score (nSPS) is 19.0. The van der Waals surface area contributed by atoms with Crippen molar-refractivity contribution in [2.24, 2.45) is 0 Å². The number of hydrogen-bond donors (Lipinski definition) is 0. The van der Waals surface area contributed by atoms with Crippen molar-refractivity contribution in [1.29, 1.82) is 0 Å². The zero-order valence-electron chi connectivity index (χ0n) is 13.2. The largest absolute Gasteiger partial charge is 0.497 e. The summed E-state index contributed by atoms with van der Waals surface area (Å²) in [5, 5.41) is 0. The smallest absolute Gasteiger partial charge is 0.259 e. The molecule has 122 valence electrons. The molecule has 0 unspecified atom stereocenters. The molecule has 2 rings (SSSR count). The SMILES string of the molecule is COc1cc(F)c(C(=O)N(C)C[C@H]2CCCCN2C)c(F)c1. The number of likely N-dealkylation sites (tertiary alicyclic amines) is 1. The van der Waals surface area contributed by atoms with E-state index in [0.29, 0.717) is 6.54 Å². The van der Waals surface area contributed by atoms with E-state index in [1.165, 1.54) is 12.0 Å². The Kier molecular flexibility index (Phi) is 5.34. The Morgan fingerprint density at radius 2 is 2.00 bits per heavy atom. The highest BCUT2D eigenvalue weighted by molar-refractivity contribution is 5.94. The molecule has 0 N–H and O–H groups in total. The Bertz CT molecular complexity index is 528. The number of halogens is 2. The van der Waals surface area contributed by atoms with Gasteiger partial charge in [-0.05, 0) is 26.4 Å². The van der Waals surface area contributed by atoms with Crippen molar-refractivity contribution in [3.8, 4) is 5.75 Å². The van der Waals surface area contributed by atoms with Gasteiger partial charge in [0.1, 0.15) is 22.9 Å². The van der Waals surface area contributed by atoms with Crippen LogP contribution in [0.3, 0.4) is 0 Å². The fourth-order valence-corrected chi connectivity index (χ4v) is 2.84. The molecule has 1 aliphatic rings. The van der Waals surface area contributed by atoms with Crippen LogP contribution < -0.4 is 4.74 Å². The predicted octanol–water partition coefficient (Wildman–Crippen LogP) is 2.53. The van der Waals surface area contributed by atoms with Crippen molar-refractivity contribution in [3.05, 3.63) is 29.3 Å². The Labute approximate surface area is 129 Å². The number of carbonyl (C=O) groups excluding carboxylic acids is 1. The minimum Gasteiger partial charge on any atom is -0.497 e. The number of rotatable bonds is 4. The van der Waals surface area contributed by atoms with Crippen LogP contribution in [0.15, 0.2) is 12.1 Å². The zero-order chi connectivity index (χ0) is 16.3. The molecule has 0 saturated carbocycles. The summed E-state index contributed by atoms with van der Waals surface area (Å²) in [6.07, 6.45) is 3.25. The van der Waals surface area contributed by atoms with Gasteiger partial charge in [0.15, 0.2) is 0 Å². The highest BCUT2D eigenvalue weighted by Gasteiger charge is 2.26. The highest BCUT2D eigenvalue weighted by atomic mass is 19.1. The van der Waals surface area contributed by atoms with Crippen molar-refractivity contribution >= 4 is 5.91 Å². The predicted molar refractivity (Wildman–Crippen MR) is 80.1 cm³/mol. The van der Waals surface area contributed by atoms with Crippen molar-refractivity contribution in [2.75, 3.05) is 34.3 Å². The molecule has 1 amide bonds. The van der Waals surface area contributed by atoms with Gasteiger partial charge >= 0.3 is 0 Å². The molecule has 1 atom stereocenters. The van der Waals surface area contributed by atoms with E-state index in [1.807, 2.05) is 7.05 Å². The van der Waals surface area contributed by atoms with E-state index in [2.05, 4.69) is 4.90 Å². The molecule has 6 heteroatoms. The fraction of sp³-hybridized carbons (Fsp3) is 0.562. The average molecular weight is 312 g/mol.